The van der Waals surface area contributed by atoms with Crippen molar-refractivity contribution in [2.75, 3.05) is 19.7 Å². The molecule has 3 nitrogen and oxygen atoms in total. The Morgan fingerprint density at radius 3 is 3.06 bits per heavy atom. The zero-order chi connectivity index (χ0) is 12.1. The zero-order valence-electron chi connectivity index (χ0n) is 9.86. The molecular formula is C13H19ClN2O. The molecule has 2 unspecified atom stereocenters. The standard InChI is InChI=1S/C13H19ClN2O/c14-11-4-1-3-10(7-11)13(8-15)16-9-12-5-2-6-17-12/h1,3-4,7,12-13,16H,2,5-6,8-9,15H2. The largest absolute Gasteiger partial charge is 0.377 e. The van der Waals surface area contributed by atoms with Crippen LogP contribution in [0.1, 0.15) is 24.4 Å². The Balaban J connectivity index is 1.91. The van der Waals surface area contributed by atoms with Gasteiger partial charge in [-0.2, -0.15) is 0 Å². The van der Waals surface area contributed by atoms with Crippen molar-refractivity contribution in [3.63, 3.8) is 0 Å². The van der Waals surface area contributed by atoms with Gasteiger partial charge in [0.05, 0.1) is 6.10 Å². The Morgan fingerprint density at radius 1 is 1.53 bits per heavy atom. The Hall–Kier alpha value is -0.610. The minimum absolute atomic E-state index is 0.151. The highest BCUT2D eigenvalue weighted by atomic mass is 35.5. The molecule has 1 heterocycles. The molecule has 1 aliphatic heterocycles. The zero-order valence-corrected chi connectivity index (χ0v) is 10.6. The van der Waals surface area contributed by atoms with Gasteiger partial charge in [-0.1, -0.05) is 23.7 Å². The molecule has 0 bridgehead atoms. The summed E-state index contributed by atoms with van der Waals surface area (Å²) in [5.74, 6) is 0. The summed E-state index contributed by atoms with van der Waals surface area (Å²) in [5.41, 5.74) is 6.93. The minimum Gasteiger partial charge on any atom is -0.377 e. The van der Waals surface area contributed by atoms with Gasteiger partial charge in [0.25, 0.3) is 0 Å². The maximum absolute atomic E-state index is 5.98. The van der Waals surface area contributed by atoms with Crippen LogP contribution in [0.15, 0.2) is 24.3 Å². The summed E-state index contributed by atoms with van der Waals surface area (Å²) in [7, 11) is 0. The highest BCUT2D eigenvalue weighted by molar-refractivity contribution is 6.30. The fourth-order valence-corrected chi connectivity index (χ4v) is 2.34. The summed E-state index contributed by atoms with van der Waals surface area (Å²) in [4.78, 5) is 0. The molecule has 3 N–H and O–H groups in total. The summed E-state index contributed by atoms with van der Waals surface area (Å²) in [6, 6.07) is 7.98. The second-order valence-electron chi connectivity index (χ2n) is 4.39. The van der Waals surface area contributed by atoms with Crippen molar-refractivity contribution in [3.05, 3.63) is 34.9 Å². The van der Waals surface area contributed by atoms with Gasteiger partial charge in [-0.05, 0) is 30.5 Å². The molecule has 94 valence electrons. The molecule has 0 aliphatic carbocycles. The second-order valence-corrected chi connectivity index (χ2v) is 4.82. The second kappa shape index (κ2) is 6.36. The van der Waals surface area contributed by atoms with Crippen molar-refractivity contribution >= 4 is 11.6 Å². The van der Waals surface area contributed by atoms with Crippen molar-refractivity contribution in [2.45, 2.75) is 25.0 Å². The first-order valence-electron chi connectivity index (χ1n) is 6.10. The number of ether oxygens (including phenoxy) is 1. The van der Waals surface area contributed by atoms with Crippen LogP contribution in [0.3, 0.4) is 0 Å². The van der Waals surface area contributed by atoms with E-state index in [1.54, 1.807) is 0 Å². The summed E-state index contributed by atoms with van der Waals surface area (Å²) < 4.78 is 5.58. The maximum Gasteiger partial charge on any atom is 0.0700 e. The molecule has 17 heavy (non-hydrogen) atoms. The molecule has 1 saturated heterocycles. The Labute approximate surface area is 107 Å². The molecule has 1 aromatic rings. The molecule has 0 aromatic heterocycles. The van der Waals surface area contributed by atoms with Crippen LogP contribution in [0, 0.1) is 0 Å². The molecule has 1 aliphatic rings. The number of nitrogens with two attached hydrogens (primary N) is 1. The summed E-state index contributed by atoms with van der Waals surface area (Å²) in [6.07, 6.45) is 2.64. The molecule has 0 amide bonds. The van der Waals surface area contributed by atoms with Crippen LogP contribution in [0.5, 0.6) is 0 Å². The average Bonchev–Trinajstić information content (AvgIpc) is 2.83. The monoisotopic (exact) mass is 254 g/mol. The van der Waals surface area contributed by atoms with Gasteiger partial charge in [-0.3, -0.25) is 0 Å². The summed E-state index contributed by atoms with van der Waals surface area (Å²) in [6.45, 7) is 2.30. The van der Waals surface area contributed by atoms with Gasteiger partial charge in [0.1, 0.15) is 0 Å². The Bertz CT molecular complexity index is 353. The molecule has 0 spiro atoms. The maximum atomic E-state index is 5.98. The van der Waals surface area contributed by atoms with Gasteiger partial charge in [-0.15, -0.1) is 0 Å². The van der Waals surface area contributed by atoms with Gasteiger partial charge in [0.15, 0.2) is 0 Å². The average molecular weight is 255 g/mol. The first-order chi connectivity index (χ1) is 8.29. The quantitative estimate of drug-likeness (QED) is 0.846. The molecule has 2 rings (SSSR count). The molecule has 1 fully saturated rings. The van der Waals surface area contributed by atoms with Crippen molar-refractivity contribution < 1.29 is 4.74 Å². The van der Waals surface area contributed by atoms with Crippen LogP contribution in [0.25, 0.3) is 0 Å². The highest BCUT2D eigenvalue weighted by Gasteiger charge is 2.17. The predicted octanol–water partition coefficient (Wildman–Crippen LogP) is 2.11. The van der Waals surface area contributed by atoms with Crippen LogP contribution in [-0.4, -0.2) is 25.8 Å². The van der Waals surface area contributed by atoms with Gasteiger partial charge in [0, 0.05) is 30.8 Å². The van der Waals surface area contributed by atoms with E-state index in [0.29, 0.717) is 12.6 Å². The number of hydrogen-bond acceptors (Lipinski definition) is 3. The number of hydrogen-bond donors (Lipinski definition) is 2. The van der Waals surface area contributed by atoms with Crippen LogP contribution in [0.4, 0.5) is 0 Å². The highest BCUT2D eigenvalue weighted by Crippen LogP contribution is 2.18. The fourth-order valence-electron chi connectivity index (χ4n) is 2.14. The van der Waals surface area contributed by atoms with Gasteiger partial charge in [-0.25, -0.2) is 0 Å². The number of nitrogens with one attached hydrogen (secondary N) is 1. The van der Waals surface area contributed by atoms with Crippen LogP contribution >= 0.6 is 11.6 Å². The van der Waals surface area contributed by atoms with Crippen LogP contribution in [0.2, 0.25) is 5.02 Å². The molecule has 2 atom stereocenters. The number of benzene rings is 1. The van der Waals surface area contributed by atoms with E-state index in [0.717, 1.165) is 36.6 Å². The molecule has 0 radical (unpaired) electrons. The van der Waals surface area contributed by atoms with E-state index in [2.05, 4.69) is 5.32 Å². The lowest BCUT2D eigenvalue weighted by Crippen LogP contribution is -2.34. The molecule has 1 aromatic carbocycles. The summed E-state index contributed by atoms with van der Waals surface area (Å²) in [5, 5.41) is 4.20. The third-order valence-electron chi connectivity index (χ3n) is 3.10. The van der Waals surface area contributed by atoms with E-state index in [1.165, 1.54) is 0 Å². The molecular weight excluding hydrogens is 236 g/mol. The summed E-state index contributed by atoms with van der Waals surface area (Å²) >= 11 is 5.98. The van der Waals surface area contributed by atoms with Crippen LogP contribution in [-0.2, 0) is 4.74 Å². The topological polar surface area (TPSA) is 47.3 Å². The van der Waals surface area contributed by atoms with Gasteiger partial charge in [0.2, 0.25) is 0 Å². The van der Waals surface area contributed by atoms with E-state index in [4.69, 9.17) is 22.1 Å². The predicted molar refractivity (Wildman–Crippen MR) is 70.2 cm³/mol. The van der Waals surface area contributed by atoms with E-state index in [-0.39, 0.29) is 6.04 Å². The first-order valence-corrected chi connectivity index (χ1v) is 6.48. The fraction of sp³-hybridized carbons (Fsp3) is 0.538. The van der Waals surface area contributed by atoms with E-state index in [1.807, 2.05) is 24.3 Å². The van der Waals surface area contributed by atoms with E-state index >= 15 is 0 Å². The van der Waals surface area contributed by atoms with Crippen molar-refractivity contribution in [1.29, 1.82) is 0 Å². The lowest BCUT2D eigenvalue weighted by Gasteiger charge is -2.19. The number of rotatable bonds is 5. The van der Waals surface area contributed by atoms with Gasteiger partial charge < -0.3 is 15.8 Å². The normalized spacial score (nSPS) is 21.6. The SMILES string of the molecule is NCC(NCC1CCCO1)c1cccc(Cl)c1. The van der Waals surface area contributed by atoms with Crippen molar-refractivity contribution in [1.82, 2.24) is 5.32 Å². The Morgan fingerprint density at radius 2 is 2.41 bits per heavy atom. The van der Waals surface area contributed by atoms with E-state index < -0.39 is 0 Å². The number of halogens is 1. The lowest BCUT2D eigenvalue weighted by molar-refractivity contribution is 0.107. The third-order valence-corrected chi connectivity index (χ3v) is 3.34. The third kappa shape index (κ3) is 3.68. The smallest absolute Gasteiger partial charge is 0.0700 e. The van der Waals surface area contributed by atoms with Crippen LogP contribution < -0.4 is 11.1 Å². The van der Waals surface area contributed by atoms with Gasteiger partial charge >= 0.3 is 0 Å². The minimum atomic E-state index is 0.151. The van der Waals surface area contributed by atoms with Crippen molar-refractivity contribution in [2.24, 2.45) is 5.73 Å². The first kappa shape index (κ1) is 12.8. The molecule has 0 saturated carbocycles. The Kier molecular flexibility index (Phi) is 4.80. The molecule has 4 heteroatoms. The van der Waals surface area contributed by atoms with E-state index in [9.17, 15) is 0 Å². The van der Waals surface area contributed by atoms with Crippen molar-refractivity contribution in [3.8, 4) is 0 Å². The lowest BCUT2D eigenvalue weighted by atomic mass is 10.1.